The number of rotatable bonds is 5. The highest BCUT2D eigenvalue weighted by molar-refractivity contribution is 7.99. The molecule has 0 saturated heterocycles. The van der Waals surface area contributed by atoms with Crippen molar-refractivity contribution in [2.75, 3.05) is 0 Å². The van der Waals surface area contributed by atoms with Gasteiger partial charge in [-0.1, -0.05) is 19.4 Å². The highest BCUT2D eigenvalue weighted by Gasteiger charge is 2.08. The molecule has 20 heavy (non-hydrogen) atoms. The predicted octanol–water partition coefficient (Wildman–Crippen LogP) is 1.97. The van der Waals surface area contributed by atoms with Crippen molar-refractivity contribution in [1.29, 1.82) is 0 Å². The van der Waals surface area contributed by atoms with E-state index in [1.165, 1.54) is 12.1 Å². The van der Waals surface area contributed by atoms with Gasteiger partial charge in [0, 0.05) is 11.8 Å². The Labute approximate surface area is 119 Å². The molecule has 0 aromatic carbocycles. The van der Waals surface area contributed by atoms with Crippen LogP contribution in [-0.2, 0) is 6.42 Å². The number of aromatic carboxylic acids is 1. The summed E-state index contributed by atoms with van der Waals surface area (Å²) in [5.74, 6) is -1.09. The van der Waals surface area contributed by atoms with Crippen molar-refractivity contribution >= 4 is 17.7 Å². The number of nitrogens with zero attached hydrogens (tertiary/aromatic N) is 2. The zero-order valence-corrected chi connectivity index (χ0v) is 11.6. The van der Waals surface area contributed by atoms with Gasteiger partial charge < -0.3 is 10.1 Å². The van der Waals surface area contributed by atoms with Crippen LogP contribution in [0.5, 0.6) is 0 Å². The normalized spacial score (nSPS) is 10.4. The van der Waals surface area contributed by atoms with E-state index in [9.17, 15) is 9.59 Å². The van der Waals surface area contributed by atoms with Crippen LogP contribution in [0, 0.1) is 0 Å². The van der Waals surface area contributed by atoms with Crippen molar-refractivity contribution in [3.63, 3.8) is 0 Å². The Bertz CT molecular complexity index is 685. The number of carbonyl (C=O) groups is 1. The van der Waals surface area contributed by atoms with Gasteiger partial charge in [0.1, 0.15) is 10.7 Å². The number of carboxylic acids is 1. The third-order valence-electron chi connectivity index (χ3n) is 2.42. The quantitative estimate of drug-likeness (QED) is 0.818. The monoisotopic (exact) mass is 291 g/mol. The molecule has 2 heterocycles. The van der Waals surface area contributed by atoms with Crippen molar-refractivity contribution in [2.24, 2.45) is 0 Å². The lowest BCUT2D eigenvalue weighted by atomic mass is 10.2. The van der Waals surface area contributed by atoms with Crippen LogP contribution >= 0.6 is 11.8 Å². The molecular formula is C13H13N3O3S. The van der Waals surface area contributed by atoms with Gasteiger partial charge in [0.25, 0.3) is 5.56 Å². The third kappa shape index (κ3) is 3.67. The first-order valence-electron chi connectivity index (χ1n) is 6.07. The van der Waals surface area contributed by atoms with E-state index in [0.717, 1.165) is 24.6 Å². The van der Waals surface area contributed by atoms with E-state index in [0.29, 0.717) is 15.9 Å². The van der Waals surface area contributed by atoms with Crippen molar-refractivity contribution in [3.05, 3.63) is 46.0 Å². The Hall–Kier alpha value is -2.15. The molecule has 0 bridgehead atoms. The summed E-state index contributed by atoms with van der Waals surface area (Å²) in [6.07, 6.45) is 1.62. The van der Waals surface area contributed by atoms with Crippen molar-refractivity contribution in [3.8, 4) is 0 Å². The number of hydrogen-bond acceptors (Lipinski definition) is 5. The first kappa shape index (κ1) is 14.3. The molecule has 0 aliphatic rings. The van der Waals surface area contributed by atoms with Crippen molar-refractivity contribution < 1.29 is 9.90 Å². The molecule has 0 radical (unpaired) electrons. The molecular weight excluding hydrogens is 278 g/mol. The zero-order chi connectivity index (χ0) is 14.5. The second-order valence-corrected chi connectivity index (χ2v) is 5.07. The first-order chi connectivity index (χ1) is 9.58. The molecule has 0 aliphatic carbocycles. The molecule has 104 valence electrons. The summed E-state index contributed by atoms with van der Waals surface area (Å²) in [5, 5.41) is 9.78. The molecule has 2 aromatic heterocycles. The molecule has 6 nitrogen and oxygen atoms in total. The molecule has 0 fully saturated rings. The van der Waals surface area contributed by atoms with Crippen LogP contribution in [-0.4, -0.2) is 26.0 Å². The highest BCUT2D eigenvalue weighted by atomic mass is 32.2. The highest BCUT2D eigenvalue weighted by Crippen LogP contribution is 2.22. The Morgan fingerprint density at radius 2 is 2.20 bits per heavy atom. The summed E-state index contributed by atoms with van der Waals surface area (Å²) < 4.78 is 0. The van der Waals surface area contributed by atoms with E-state index in [2.05, 4.69) is 15.0 Å². The lowest BCUT2D eigenvalue weighted by molar-refractivity contribution is 0.0689. The minimum atomic E-state index is -1.09. The van der Waals surface area contributed by atoms with Crippen molar-refractivity contribution in [1.82, 2.24) is 15.0 Å². The van der Waals surface area contributed by atoms with Crippen LogP contribution in [0.15, 0.2) is 39.2 Å². The summed E-state index contributed by atoms with van der Waals surface area (Å²) in [4.78, 5) is 33.3. The summed E-state index contributed by atoms with van der Waals surface area (Å²) in [7, 11) is 0. The van der Waals surface area contributed by atoms with Crippen LogP contribution in [0.25, 0.3) is 0 Å². The molecule has 0 spiro atoms. The van der Waals surface area contributed by atoms with E-state index < -0.39 is 5.97 Å². The molecule has 0 atom stereocenters. The number of carboxylic acid groups (broad SMARTS) is 1. The Kier molecular flexibility index (Phi) is 4.52. The molecule has 2 rings (SSSR count). The number of pyridine rings is 1. The maximum absolute atomic E-state index is 11.5. The summed E-state index contributed by atoms with van der Waals surface area (Å²) >= 11 is 1.13. The van der Waals surface area contributed by atoms with Crippen LogP contribution in [0.3, 0.4) is 0 Å². The minimum absolute atomic E-state index is 0.0398. The topological polar surface area (TPSA) is 95.9 Å². The zero-order valence-electron chi connectivity index (χ0n) is 10.8. The van der Waals surface area contributed by atoms with Gasteiger partial charge in [0.2, 0.25) is 0 Å². The van der Waals surface area contributed by atoms with E-state index in [1.807, 2.05) is 6.92 Å². The molecule has 7 heteroatoms. The van der Waals surface area contributed by atoms with E-state index >= 15 is 0 Å². The number of aromatic nitrogens is 3. The SMILES string of the molecule is CCCc1cc(=O)[nH]c(Sc2cccc(C(=O)O)n2)n1. The van der Waals surface area contributed by atoms with Crippen LogP contribution < -0.4 is 5.56 Å². The molecule has 2 N–H and O–H groups in total. The fourth-order valence-corrected chi connectivity index (χ4v) is 2.41. The first-order valence-corrected chi connectivity index (χ1v) is 6.88. The molecule has 0 unspecified atom stereocenters. The van der Waals surface area contributed by atoms with Gasteiger partial charge in [-0.05, 0) is 30.3 Å². The third-order valence-corrected chi connectivity index (χ3v) is 3.25. The Morgan fingerprint density at radius 3 is 2.90 bits per heavy atom. The van der Waals surface area contributed by atoms with Gasteiger partial charge in [0.15, 0.2) is 5.16 Å². The lowest BCUT2D eigenvalue weighted by Gasteiger charge is -2.03. The van der Waals surface area contributed by atoms with Gasteiger partial charge in [-0.2, -0.15) is 0 Å². The van der Waals surface area contributed by atoms with E-state index in [1.54, 1.807) is 12.1 Å². The Balaban J connectivity index is 2.27. The largest absolute Gasteiger partial charge is 0.477 e. The van der Waals surface area contributed by atoms with Crippen LogP contribution in [0.1, 0.15) is 29.5 Å². The van der Waals surface area contributed by atoms with Gasteiger partial charge in [0.05, 0.1) is 0 Å². The van der Waals surface area contributed by atoms with Crippen LogP contribution in [0.2, 0.25) is 0 Å². The number of hydrogen-bond donors (Lipinski definition) is 2. The maximum atomic E-state index is 11.5. The number of aromatic amines is 1. The second-order valence-electron chi connectivity index (χ2n) is 4.06. The van der Waals surface area contributed by atoms with Gasteiger partial charge in [-0.3, -0.25) is 4.79 Å². The minimum Gasteiger partial charge on any atom is -0.477 e. The summed E-state index contributed by atoms with van der Waals surface area (Å²) in [6.45, 7) is 2.01. The van der Waals surface area contributed by atoms with Crippen molar-refractivity contribution in [2.45, 2.75) is 29.9 Å². The Morgan fingerprint density at radius 1 is 1.40 bits per heavy atom. The number of nitrogens with one attached hydrogen (secondary N) is 1. The smallest absolute Gasteiger partial charge is 0.354 e. The second kappa shape index (κ2) is 6.33. The number of H-pyrrole nitrogens is 1. The number of aryl methyl sites for hydroxylation is 1. The van der Waals surface area contributed by atoms with E-state index in [4.69, 9.17) is 5.11 Å². The van der Waals surface area contributed by atoms with Crippen LogP contribution in [0.4, 0.5) is 0 Å². The van der Waals surface area contributed by atoms with Gasteiger partial charge in [-0.15, -0.1) is 0 Å². The molecule has 0 saturated carbocycles. The fourth-order valence-electron chi connectivity index (χ4n) is 1.61. The standard InChI is InChI=1S/C13H13N3O3S/c1-2-4-8-7-10(17)16-13(14-8)20-11-6-3-5-9(15-11)12(18)19/h3,5-7H,2,4H2,1H3,(H,18,19)(H,14,16,17). The van der Waals surface area contributed by atoms with E-state index in [-0.39, 0.29) is 11.3 Å². The predicted molar refractivity (Wildman–Crippen MR) is 74.2 cm³/mol. The molecule has 0 aliphatic heterocycles. The lowest BCUT2D eigenvalue weighted by Crippen LogP contribution is -2.10. The molecule has 2 aromatic rings. The maximum Gasteiger partial charge on any atom is 0.354 e. The fraction of sp³-hybridized carbons (Fsp3) is 0.231. The summed E-state index contributed by atoms with van der Waals surface area (Å²) in [5.41, 5.74) is 0.454. The average Bonchev–Trinajstić information content (AvgIpc) is 2.38. The summed E-state index contributed by atoms with van der Waals surface area (Å²) in [6, 6.07) is 6.15. The average molecular weight is 291 g/mol. The molecule has 0 amide bonds. The van der Waals surface area contributed by atoms with Gasteiger partial charge in [-0.25, -0.2) is 14.8 Å². The van der Waals surface area contributed by atoms with Gasteiger partial charge >= 0.3 is 5.97 Å².